The van der Waals surface area contributed by atoms with Gasteiger partial charge in [0, 0.05) is 50.0 Å². The minimum atomic E-state index is 0.593. The Hall–Kier alpha value is -8.48. The molecule has 5 heterocycles. The summed E-state index contributed by atoms with van der Waals surface area (Å²) in [5.41, 5.74) is 14.4. The van der Waals surface area contributed by atoms with Crippen molar-refractivity contribution in [3.05, 3.63) is 206 Å². The summed E-state index contributed by atoms with van der Waals surface area (Å²) < 4.78 is 0. The van der Waals surface area contributed by atoms with Gasteiger partial charge in [-0.25, -0.2) is 24.9 Å². The maximum absolute atomic E-state index is 5.20. The molecule has 0 N–H and O–H groups in total. The second-order valence-electron chi connectivity index (χ2n) is 15.5. The van der Waals surface area contributed by atoms with E-state index >= 15 is 0 Å². The summed E-state index contributed by atoms with van der Waals surface area (Å²) >= 11 is 0. The van der Waals surface area contributed by atoms with Crippen molar-refractivity contribution in [1.29, 1.82) is 0 Å². The van der Waals surface area contributed by atoms with Crippen molar-refractivity contribution in [2.24, 2.45) is 0 Å². The molecule has 0 aliphatic rings. The molecule has 12 rings (SSSR count). The zero-order chi connectivity index (χ0) is 41.0. The summed E-state index contributed by atoms with van der Waals surface area (Å²) in [5, 5.41) is 6.54. The van der Waals surface area contributed by atoms with E-state index in [-0.39, 0.29) is 0 Å². The number of pyridine rings is 4. The summed E-state index contributed by atoms with van der Waals surface area (Å²) in [4.78, 5) is 30.1. The highest BCUT2D eigenvalue weighted by molar-refractivity contribution is 6.07. The average Bonchev–Trinajstić information content (AvgIpc) is 3.35. The molecular formula is C56H34N6. The molecule has 0 fully saturated rings. The minimum absolute atomic E-state index is 0.593. The molecule has 0 radical (unpaired) electrons. The molecule has 0 bridgehead atoms. The Labute approximate surface area is 357 Å². The van der Waals surface area contributed by atoms with Gasteiger partial charge in [-0.3, -0.25) is 4.98 Å². The van der Waals surface area contributed by atoms with Gasteiger partial charge in [0.15, 0.2) is 5.82 Å². The third-order valence-electron chi connectivity index (χ3n) is 11.7. The van der Waals surface area contributed by atoms with Gasteiger partial charge in [0.25, 0.3) is 0 Å². The van der Waals surface area contributed by atoms with Crippen molar-refractivity contribution in [3.63, 3.8) is 0 Å². The predicted molar refractivity (Wildman–Crippen MR) is 253 cm³/mol. The standard InChI is InChI=1S/C56H34N6/c1-3-10-35(11-4-1)52-34-53(36-12-5-2-6-13-36)62-56(61-52)51-30-23-42-33-40(21-27-48(42)59-51)39-20-26-47-41(32-39)22-29-49(58-47)45-24-25-46(44-16-8-7-15-43(44)45)50-28-19-38-18-17-37-14-9-31-57-54(37)55(38)60-50/h1-34H. The zero-order valence-corrected chi connectivity index (χ0v) is 33.3. The van der Waals surface area contributed by atoms with Gasteiger partial charge in [0.05, 0.1) is 44.8 Å². The molecular weight excluding hydrogens is 757 g/mol. The van der Waals surface area contributed by atoms with Gasteiger partial charge >= 0.3 is 0 Å². The van der Waals surface area contributed by atoms with Crippen LogP contribution in [0, 0.1) is 0 Å². The molecule has 62 heavy (non-hydrogen) atoms. The summed E-state index contributed by atoms with van der Waals surface area (Å²) in [6.45, 7) is 0. The third kappa shape index (κ3) is 6.30. The van der Waals surface area contributed by atoms with Crippen LogP contribution >= 0.6 is 0 Å². The molecule has 288 valence electrons. The fourth-order valence-electron chi connectivity index (χ4n) is 8.58. The molecule has 12 aromatic rings. The summed E-state index contributed by atoms with van der Waals surface area (Å²) in [6, 6.07) is 69.2. The number of rotatable bonds is 6. The smallest absolute Gasteiger partial charge is 0.179 e. The highest BCUT2D eigenvalue weighted by atomic mass is 14.9. The number of aromatic nitrogens is 6. The SMILES string of the molecule is c1ccc(-c2cc(-c3ccccc3)nc(-c3ccc4cc(-c5ccc6nc(-c7ccc(-c8ccc9ccc%10cccnc%10c9n8)c8ccccc78)ccc6c5)ccc4n3)n2)cc1. The number of hydrogen-bond donors (Lipinski definition) is 0. The quantitative estimate of drug-likeness (QED) is 0.156. The molecule has 6 heteroatoms. The van der Waals surface area contributed by atoms with Crippen molar-refractivity contribution in [2.75, 3.05) is 0 Å². The molecule has 0 amide bonds. The van der Waals surface area contributed by atoms with Crippen molar-refractivity contribution in [3.8, 4) is 67.7 Å². The molecule has 0 spiro atoms. The van der Waals surface area contributed by atoms with Gasteiger partial charge in [0.2, 0.25) is 0 Å². The van der Waals surface area contributed by atoms with E-state index in [4.69, 9.17) is 24.9 Å². The Kier molecular flexibility index (Phi) is 8.38. The highest BCUT2D eigenvalue weighted by Gasteiger charge is 2.15. The summed E-state index contributed by atoms with van der Waals surface area (Å²) in [5.74, 6) is 0.593. The maximum atomic E-state index is 5.20. The van der Waals surface area contributed by atoms with Gasteiger partial charge in [-0.15, -0.1) is 0 Å². The van der Waals surface area contributed by atoms with Crippen LogP contribution < -0.4 is 0 Å². The minimum Gasteiger partial charge on any atom is -0.254 e. The predicted octanol–water partition coefficient (Wildman–Crippen LogP) is 13.8. The Balaban J connectivity index is 0.862. The van der Waals surface area contributed by atoms with Crippen molar-refractivity contribution >= 4 is 54.4 Å². The molecule has 0 saturated carbocycles. The van der Waals surface area contributed by atoms with Crippen molar-refractivity contribution in [1.82, 2.24) is 29.9 Å². The van der Waals surface area contributed by atoms with Crippen LogP contribution in [0.1, 0.15) is 0 Å². The molecule has 0 aliphatic heterocycles. The Morgan fingerprint density at radius 2 is 0.774 bits per heavy atom. The summed E-state index contributed by atoms with van der Waals surface area (Å²) in [6.07, 6.45) is 1.83. The Morgan fingerprint density at radius 1 is 0.274 bits per heavy atom. The zero-order valence-electron chi connectivity index (χ0n) is 33.3. The molecule has 7 aromatic carbocycles. The second-order valence-corrected chi connectivity index (χ2v) is 15.5. The topological polar surface area (TPSA) is 77.3 Å². The van der Waals surface area contributed by atoms with Crippen molar-refractivity contribution < 1.29 is 0 Å². The lowest BCUT2D eigenvalue weighted by atomic mass is 9.95. The number of benzene rings is 7. The van der Waals surface area contributed by atoms with Gasteiger partial charge < -0.3 is 0 Å². The largest absolute Gasteiger partial charge is 0.254 e. The van der Waals surface area contributed by atoms with E-state index in [1.54, 1.807) is 0 Å². The van der Waals surface area contributed by atoms with Crippen LogP contribution in [0.25, 0.3) is 122 Å². The van der Waals surface area contributed by atoms with Gasteiger partial charge in [-0.05, 0) is 76.5 Å². The first-order valence-corrected chi connectivity index (χ1v) is 20.7. The van der Waals surface area contributed by atoms with E-state index in [9.17, 15) is 0 Å². The van der Waals surface area contributed by atoms with E-state index in [1.165, 1.54) is 0 Å². The molecule has 0 aliphatic carbocycles. The van der Waals surface area contributed by atoms with Crippen LogP contribution in [-0.2, 0) is 0 Å². The fraction of sp³-hybridized carbons (Fsp3) is 0. The van der Waals surface area contributed by atoms with Crippen LogP contribution in [-0.4, -0.2) is 29.9 Å². The lowest BCUT2D eigenvalue weighted by Crippen LogP contribution is -1.97. The lowest BCUT2D eigenvalue weighted by Gasteiger charge is -2.13. The number of fused-ring (bicyclic) bond motifs is 6. The van der Waals surface area contributed by atoms with Crippen LogP contribution in [0.4, 0.5) is 0 Å². The highest BCUT2D eigenvalue weighted by Crippen LogP contribution is 2.37. The molecule has 0 saturated heterocycles. The van der Waals surface area contributed by atoms with E-state index in [0.29, 0.717) is 5.82 Å². The van der Waals surface area contributed by atoms with Gasteiger partial charge in [-0.1, -0.05) is 146 Å². The van der Waals surface area contributed by atoms with Gasteiger partial charge in [-0.2, -0.15) is 0 Å². The number of nitrogens with zero attached hydrogens (tertiary/aromatic N) is 6. The average molecular weight is 791 g/mol. The monoisotopic (exact) mass is 790 g/mol. The molecule has 0 atom stereocenters. The first-order valence-electron chi connectivity index (χ1n) is 20.7. The van der Waals surface area contributed by atoms with E-state index < -0.39 is 0 Å². The molecule has 6 nitrogen and oxygen atoms in total. The first-order chi connectivity index (χ1) is 30.7. The maximum Gasteiger partial charge on any atom is 0.179 e. The molecule has 0 unspecified atom stereocenters. The van der Waals surface area contributed by atoms with Crippen LogP contribution in [0.3, 0.4) is 0 Å². The van der Waals surface area contributed by atoms with Gasteiger partial charge in [0.1, 0.15) is 5.69 Å². The van der Waals surface area contributed by atoms with Crippen LogP contribution in [0.5, 0.6) is 0 Å². The molecule has 5 aromatic heterocycles. The fourth-order valence-corrected chi connectivity index (χ4v) is 8.58. The van der Waals surface area contributed by atoms with E-state index in [0.717, 1.165) is 116 Å². The lowest BCUT2D eigenvalue weighted by molar-refractivity contribution is 1.16. The normalized spacial score (nSPS) is 11.5. The van der Waals surface area contributed by atoms with Crippen LogP contribution in [0.15, 0.2) is 206 Å². The summed E-state index contributed by atoms with van der Waals surface area (Å²) in [7, 11) is 0. The second kappa shape index (κ2) is 14.7. The first kappa shape index (κ1) is 35.5. The van der Waals surface area contributed by atoms with E-state index in [2.05, 4.69) is 151 Å². The number of hydrogen-bond acceptors (Lipinski definition) is 6. The van der Waals surface area contributed by atoms with Crippen LogP contribution in [0.2, 0.25) is 0 Å². The third-order valence-corrected chi connectivity index (χ3v) is 11.7. The Morgan fingerprint density at radius 3 is 1.39 bits per heavy atom. The van der Waals surface area contributed by atoms with Crippen molar-refractivity contribution in [2.45, 2.75) is 0 Å². The Bertz CT molecular complexity index is 3640. The van der Waals surface area contributed by atoms with E-state index in [1.807, 2.05) is 60.8 Å².